The molecule has 0 unspecified atom stereocenters. The van der Waals surface area contributed by atoms with Crippen LogP contribution in [0.3, 0.4) is 0 Å². The van der Waals surface area contributed by atoms with Crippen LogP contribution >= 0.6 is 0 Å². The number of benzene rings is 1. The zero-order chi connectivity index (χ0) is 13.0. The maximum absolute atomic E-state index is 10.9. The van der Waals surface area contributed by atoms with Crippen molar-refractivity contribution in [3.05, 3.63) is 29.3 Å². The lowest BCUT2D eigenvalue weighted by Gasteiger charge is -2.19. The van der Waals surface area contributed by atoms with Gasteiger partial charge >= 0.3 is 0 Å². The lowest BCUT2D eigenvalue weighted by Crippen LogP contribution is -2.27. The Bertz CT molecular complexity index is 511. The summed E-state index contributed by atoms with van der Waals surface area (Å²) >= 11 is 0. The minimum Gasteiger partial charge on any atom is -0.492 e. The Morgan fingerprint density at radius 3 is 2.83 bits per heavy atom. The number of hydrogen-bond donors (Lipinski definition) is 1. The van der Waals surface area contributed by atoms with Crippen molar-refractivity contribution < 1.29 is 13.2 Å². The maximum Gasteiger partial charge on any atom is 0.208 e. The van der Waals surface area contributed by atoms with E-state index in [1.807, 2.05) is 12.1 Å². The van der Waals surface area contributed by atoms with Crippen LogP contribution in [0.1, 0.15) is 24.0 Å². The van der Waals surface area contributed by atoms with Crippen molar-refractivity contribution in [1.82, 2.24) is 4.72 Å². The lowest BCUT2D eigenvalue weighted by atomic mass is 9.91. The molecule has 1 aliphatic carbocycles. The highest BCUT2D eigenvalue weighted by molar-refractivity contribution is 7.88. The second-order valence-electron chi connectivity index (χ2n) is 4.62. The fourth-order valence-corrected chi connectivity index (χ4v) is 2.72. The molecule has 100 valence electrons. The van der Waals surface area contributed by atoms with Crippen LogP contribution in [0.4, 0.5) is 0 Å². The fraction of sp³-hybridized carbons (Fsp3) is 0.538. The van der Waals surface area contributed by atoms with E-state index in [4.69, 9.17) is 4.74 Å². The summed E-state index contributed by atoms with van der Waals surface area (Å²) in [6.07, 6.45) is 5.78. The molecule has 1 N–H and O–H groups in total. The van der Waals surface area contributed by atoms with Gasteiger partial charge < -0.3 is 4.74 Å². The zero-order valence-electron chi connectivity index (χ0n) is 10.6. The van der Waals surface area contributed by atoms with Gasteiger partial charge in [0.2, 0.25) is 10.0 Å². The number of hydrogen-bond acceptors (Lipinski definition) is 3. The SMILES string of the molecule is CS(=O)(=O)NCCOc1cccc2c1CCCC2. The summed E-state index contributed by atoms with van der Waals surface area (Å²) in [5.74, 6) is 0.905. The summed E-state index contributed by atoms with van der Waals surface area (Å²) < 4.78 is 29.9. The summed E-state index contributed by atoms with van der Waals surface area (Å²) in [5.41, 5.74) is 2.66. The van der Waals surface area contributed by atoms with Gasteiger partial charge in [-0.05, 0) is 42.9 Å². The second-order valence-corrected chi connectivity index (χ2v) is 6.45. The monoisotopic (exact) mass is 269 g/mol. The molecule has 0 saturated carbocycles. The fourth-order valence-electron chi connectivity index (χ4n) is 2.27. The molecule has 1 aromatic carbocycles. The summed E-state index contributed by atoms with van der Waals surface area (Å²) in [6, 6.07) is 6.12. The first-order valence-electron chi connectivity index (χ1n) is 6.24. The minimum atomic E-state index is -3.13. The third-order valence-corrected chi connectivity index (χ3v) is 3.81. The van der Waals surface area contributed by atoms with Crippen LogP contribution in [0.2, 0.25) is 0 Å². The van der Waals surface area contributed by atoms with Gasteiger partial charge in [-0.1, -0.05) is 12.1 Å². The molecule has 18 heavy (non-hydrogen) atoms. The van der Waals surface area contributed by atoms with Crippen molar-refractivity contribution in [2.75, 3.05) is 19.4 Å². The highest BCUT2D eigenvalue weighted by Crippen LogP contribution is 2.29. The van der Waals surface area contributed by atoms with Crippen LogP contribution in [0.15, 0.2) is 18.2 Å². The van der Waals surface area contributed by atoms with Gasteiger partial charge in [0.25, 0.3) is 0 Å². The van der Waals surface area contributed by atoms with E-state index in [0.29, 0.717) is 13.2 Å². The average molecular weight is 269 g/mol. The normalized spacial score (nSPS) is 15.2. The van der Waals surface area contributed by atoms with Crippen LogP contribution in [0, 0.1) is 0 Å². The first-order valence-corrected chi connectivity index (χ1v) is 8.13. The molecule has 0 saturated heterocycles. The highest BCUT2D eigenvalue weighted by atomic mass is 32.2. The van der Waals surface area contributed by atoms with Crippen molar-refractivity contribution in [1.29, 1.82) is 0 Å². The van der Waals surface area contributed by atoms with Gasteiger partial charge in [0, 0.05) is 6.54 Å². The molecule has 1 aliphatic rings. The molecule has 0 bridgehead atoms. The molecule has 1 aromatic rings. The Kier molecular flexibility index (Phi) is 4.24. The third-order valence-electron chi connectivity index (χ3n) is 3.08. The van der Waals surface area contributed by atoms with Gasteiger partial charge in [-0.25, -0.2) is 13.1 Å². The van der Waals surface area contributed by atoms with Crippen LogP contribution in [-0.2, 0) is 22.9 Å². The molecule has 0 heterocycles. The summed E-state index contributed by atoms with van der Waals surface area (Å²) in [5, 5.41) is 0. The Balaban J connectivity index is 1.93. The molecular formula is C13H19NO3S. The van der Waals surface area contributed by atoms with Gasteiger partial charge in [-0.3, -0.25) is 0 Å². The summed E-state index contributed by atoms with van der Waals surface area (Å²) in [4.78, 5) is 0. The number of rotatable bonds is 5. The van der Waals surface area contributed by atoms with E-state index in [0.717, 1.165) is 24.8 Å². The predicted molar refractivity (Wildman–Crippen MR) is 71.4 cm³/mol. The van der Waals surface area contributed by atoms with Crippen LogP contribution < -0.4 is 9.46 Å². The maximum atomic E-state index is 10.9. The molecule has 0 radical (unpaired) electrons. The Morgan fingerprint density at radius 2 is 2.06 bits per heavy atom. The predicted octanol–water partition coefficient (Wildman–Crippen LogP) is 1.49. The Morgan fingerprint density at radius 1 is 1.28 bits per heavy atom. The molecule has 0 fully saturated rings. The Hall–Kier alpha value is -1.07. The van der Waals surface area contributed by atoms with Crippen molar-refractivity contribution >= 4 is 10.0 Å². The van der Waals surface area contributed by atoms with Gasteiger partial charge in [0.15, 0.2) is 0 Å². The van der Waals surface area contributed by atoms with Crippen molar-refractivity contribution in [2.45, 2.75) is 25.7 Å². The lowest BCUT2D eigenvalue weighted by molar-refractivity contribution is 0.318. The highest BCUT2D eigenvalue weighted by Gasteiger charge is 2.13. The van der Waals surface area contributed by atoms with E-state index in [1.54, 1.807) is 0 Å². The van der Waals surface area contributed by atoms with E-state index >= 15 is 0 Å². The van der Waals surface area contributed by atoms with Crippen molar-refractivity contribution in [2.24, 2.45) is 0 Å². The second kappa shape index (κ2) is 5.71. The molecule has 5 heteroatoms. The minimum absolute atomic E-state index is 0.308. The van der Waals surface area contributed by atoms with E-state index in [2.05, 4.69) is 10.8 Å². The summed E-state index contributed by atoms with van der Waals surface area (Å²) in [6.45, 7) is 0.673. The molecule has 0 aliphatic heterocycles. The number of aryl methyl sites for hydroxylation is 1. The smallest absolute Gasteiger partial charge is 0.208 e. The van der Waals surface area contributed by atoms with Crippen molar-refractivity contribution in [3.63, 3.8) is 0 Å². The van der Waals surface area contributed by atoms with Crippen LogP contribution in [-0.4, -0.2) is 27.8 Å². The molecule has 0 amide bonds. The largest absolute Gasteiger partial charge is 0.492 e. The quantitative estimate of drug-likeness (QED) is 0.824. The molecule has 4 nitrogen and oxygen atoms in total. The number of ether oxygens (including phenoxy) is 1. The summed E-state index contributed by atoms with van der Waals surface area (Å²) in [7, 11) is -3.13. The molecule has 0 spiro atoms. The molecular weight excluding hydrogens is 250 g/mol. The standard InChI is InChI=1S/C13H19NO3S/c1-18(15,16)14-9-10-17-13-8-4-6-11-5-2-3-7-12(11)13/h4,6,8,14H,2-3,5,7,9-10H2,1H3. The third kappa shape index (κ3) is 3.71. The number of nitrogens with one attached hydrogen (secondary N) is 1. The van der Waals surface area contributed by atoms with Gasteiger partial charge in [0.05, 0.1) is 6.26 Å². The molecule has 0 aromatic heterocycles. The average Bonchev–Trinajstić information content (AvgIpc) is 2.33. The Labute approximate surface area is 108 Å². The van der Waals surface area contributed by atoms with Crippen LogP contribution in [0.5, 0.6) is 5.75 Å². The van der Waals surface area contributed by atoms with E-state index in [9.17, 15) is 8.42 Å². The molecule has 0 atom stereocenters. The topological polar surface area (TPSA) is 55.4 Å². The van der Waals surface area contributed by atoms with Gasteiger partial charge in [-0.2, -0.15) is 0 Å². The van der Waals surface area contributed by atoms with Crippen molar-refractivity contribution in [3.8, 4) is 5.75 Å². The number of fused-ring (bicyclic) bond motifs is 1. The number of sulfonamides is 1. The molecule has 2 rings (SSSR count). The van der Waals surface area contributed by atoms with Crippen LogP contribution in [0.25, 0.3) is 0 Å². The first kappa shape index (κ1) is 13.4. The zero-order valence-corrected chi connectivity index (χ0v) is 11.4. The van der Waals surface area contributed by atoms with E-state index in [-0.39, 0.29) is 0 Å². The van der Waals surface area contributed by atoms with E-state index < -0.39 is 10.0 Å². The van der Waals surface area contributed by atoms with Gasteiger partial charge in [-0.15, -0.1) is 0 Å². The first-order chi connectivity index (χ1) is 8.56. The van der Waals surface area contributed by atoms with Gasteiger partial charge in [0.1, 0.15) is 12.4 Å². The van der Waals surface area contributed by atoms with E-state index in [1.165, 1.54) is 24.0 Å².